The van der Waals surface area contributed by atoms with Crippen LogP contribution in [0.2, 0.25) is 51.4 Å². The first kappa shape index (κ1) is 82.9. The van der Waals surface area contributed by atoms with Gasteiger partial charge in [-0.25, -0.2) is 29.9 Å². The molecule has 5 N–H and O–H groups in total. The van der Waals surface area contributed by atoms with Crippen molar-refractivity contribution in [2.75, 3.05) is 49.4 Å². The number of hydrogen-bond acceptors (Lipinski definition) is 20. The summed E-state index contributed by atoms with van der Waals surface area (Å²) in [6, 6.07) is 60.8. The van der Waals surface area contributed by atoms with Crippen molar-refractivity contribution in [3.05, 3.63) is 253 Å². The van der Waals surface area contributed by atoms with Crippen LogP contribution in [-0.4, -0.2) is 117 Å². The molecule has 3 aliphatic rings. The van der Waals surface area contributed by atoms with Gasteiger partial charge in [0.2, 0.25) is 11.8 Å². The normalized spacial score (nSPS) is 14.5. The molecule has 3 unspecified atom stereocenters. The van der Waals surface area contributed by atoms with Crippen LogP contribution in [0, 0.1) is 0 Å². The van der Waals surface area contributed by atoms with E-state index < -0.39 is 28.1 Å². The average molecular weight is 1600 g/mol. The summed E-state index contributed by atoms with van der Waals surface area (Å²) in [7, 11) is -2.33. The number of hydrogen-bond donors (Lipinski definition) is 4. The van der Waals surface area contributed by atoms with Crippen LogP contribution in [0.25, 0.3) is 33.8 Å². The second-order valence-electron chi connectivity index (χ2n) is 30.8. The highest BCUT2D eigenvalue weighted by Crippen LogP contribution is 2.41. The summed E-state index contributed by atoms with van der Waals surface area (Å²) in [6.07, 6.45) is 13.3. The maximum atomic E-state index is 11.4. The predicted octanol–water partition coefficient (Wildman–Crippen LogP) is 18.1. The smallest absolute Gasteiger partial charge is 0.310 e. The second kappa shape index (κ2) is 39.0. The van der Waals surface area contributed by atoms with Crippen molar-refractivity contribution in [3.63, 3.8) is 0 Å². The molecule has 0 saturated heterocycles. The molecule has 0 aliphatic carbocycles. The van der Waals surface area contributed by atoms with Gasteiger partial charge in [0.05, 0.1) is 60.9 Å². The number of ether oxygens (including phenoxy) is 9. The van der Waals surface area contributed by atoms with Crippen LogP contribution in [0.5, 0.6) is 51.7 Å². The van der Waals surface area contributed by atoms with Crippen LogP contribution >= 0.6 is 0 Å². The van der Waals surface area contributed by atoms with Crippen molar-refractivity contribution >= 4 is 57.4 Å². The number of anilines is 3. The Balaban J connectivity index is 0.000000155. The van der Waals surface area contributed by atoms with E-state index >= 15 is 0 Å². The number of amides is 2. The molecule has 0 fully saturated rings. The number of imidazole rings is 3. The van der Waals surface area contributed by atoms with E-state index in [4.69, 9.17) is 53.6 Å². The summed E-state index contributed by atoms with van der Waals surface area (Å²) in [4.78, 5) is 72.7. The molecule has 2 amide bonds. The van der Waals surface area contributed by atoms with Crippen LogP contribution in [0.4, 0.5) is 17.5 Å². The van der Waals surface area contributed by atoms with Crippen molar-refractivity contribution in [2.45, 2.75) is 130 Å². The first-order valence-electron chi connectivity index (χ1n) is 38.5. The molecule has 3 atom stereocenters. The number of carbonyl (C=O) groups excluding carboxylic acids is 4. The number of rotatable bonds is 24. The summed E-state index contributed by atoms with van der Waals surface area (Å²) in [5.41, 5.74) is 15.2. The van der Waals surface area contributed by atoms with Gasteiger partial charge in [0.25, 0.3) is 0 Å². The summed E-state index contributed by atoms with van der Waals surface area (Å²) in [6.45, 7) is 23.6. The Kier molecular flexibility index (Phi) is 27.8. The zero-order chi connectivity index (χ0) is 81.7. The van der Waals surface area contributed by atoms with E-state index in [9.17, 15) is 19.2 Å². The number of benzene rings is 6. The fraction of sp³-hybridized carbons (Fsp3) is 0.281. The number of esters is 2. The average Bonchev–Trinajstić information content (AvgIpc) is 1.61. The molecule has 15 rings (SSSR count). The summed E-state index contributed by atoms with van der Waals surface area (Å²) in [5, 5.41) is 5.34. The Bertz CT molecular complexity index is 5310. The largest absolute Gasteiger partial charge is 0.493 e. The lowest BCUT2D eigenvalue weighted by molar-refractivity contribution is -0.156. The molecule has 0 bridgehead atoms. The molecule has 25 nitrogen and oxygen atoms in total. The highest BCUT2D eigenvalue weighted by molar-refractivity contribution is 6.76. The van der Waals surface area contributed by atoms with Crippen LogP contribution in [-0.2, 0) is 66.1 Å². The summed E-state index contributed by atoms with van der Waals surface area (Å²) < 4.78 is 57.0. The van der Waals surface area contributed by atoms with Crippen molar-refractivity contribution in [1.82, 2.24) is 44.0 Å². The van der Waals surface area contributed by atoms with Gasteiger partial charge < -0.3 is 73.1 Å². The lowest BCUT2D eigenvalue weighted by Gasteiger charge is -2.26. The molecule has 27 heteroatoms. The SMILES string of the molecule is CC(=O)Nc1cc(Oc2ccc3c(c2)CC(c2nc(-c4ccccc4)cn2COCC[Si](C)(C)C)CO3)ccn1.CC(=O)Nc1cc(Oc2ccc3c(c2)CC(c2ncc(-c4ccccc4)[nH]2)CO3)ccn1.CC(=O)OC(C)=O.C[Si](C)(C)CCOCn1cc(-c2ccccc2)nc1C1COc2ccc(Oc3ccnc(N)c3)cc2C1. The van der Waals surface area contributed by atoms with Gasteiger partial charge in [0.1, 0.15) is 100 Å². The summed E-state index contributed by atoms with van der Waals surface area (Å²) >= 11 is 0. The number of nitrogens with zero attached hydrogens (tertiary/aromatic N) is 8. The predicted molar refractivity (Wildman–Crippen MR) is 451 cm³/mol. The molecule has 0 spiro atoms. The standard InChI is InChI=1S/C31H36N4O4Si.C29H34N4O3Si.C25H22N4O3.C4H6O3/c1-22(36)33-30-18-27(12-13-32-30)39-26-10-11-29-24(17-26)16-25(20-38-29)31-34-28(23-8-6-5-7-9-23)19-35(31)21-37-14-15-40(2,3)4;1-37(2,3)14-13-34-20-33-18-26(21-7-5-4-6-8-21)32-29(33)23-15-22-16-24(9-10-27(22)35-19-23)36-25-11-12-31-28(30)17-25;1-16(30)28-24-13-21(9-10-26-24)32-20-7-8-23-18(12-20)11-19(15-31-23)25-27-14-22(29-25)17-5-3-2-4-6-17;1-3(5)7-4(2)6/h5-13,17-19,25H,14-16,20-21H2,1-4H3,(H,32,33,36);4-12,16-18,23H,13-15,19-20H2,1-3H3,(H2,30,31);2-10,12-14,19H,11,15H2,1H3,(H,27,29)(H,26,28,30);1-2H3. The Hall–Kier alpha value is -12.6. The number of H-pyrrole nitrogens is 1. The number of aromatic amines is 1. The second-order valence-corrected chi connectivity index (χ2v) is 42.0. The van der Waals surface area contributed by atoms with Crippen molar-refractivity contribution < 1.29 is 61.8 Å². The van der Waals surface area contributed by atoms with E-state index in [1.807, 2.05) is 115 Å². The third kappa shape index (κ3) is 24.5. The Morgan fingerprint density at radius 1 is 0.466 bits per heavy atom. The van der Waals surface area contributed by atoms with Crippen molar-refractivity contribution in [3.8, 4) is 85.5 Å². The van der Waals surface area contributed by atoms with Gasteiger partial charge in [-0.15, -0.1) is 0 Å². The van der Waals surface area contributed by atoms with Crippen LogP contribution in [0.1, 0.15) is 79.6 Å². The fourth-order valence-corrected chi connectivity index (χ4v) is 14.5. The van der Waals surface area contributed by atoms with Crippen LogP contribution < -0.4 is 44.8 Å². The molecule has 116 heavy (non-hydrogen) atoms. The van der Waals surface area contributed by atoms with Crippen molar-refractivity contribution in [2.24, 2.45) is 0 Å². The van der Waals surface area contributed by atoms with Gasteiger partial charge in [-0.2, -0.15) is 0 Å². The first-order valence-corrected chi connectivity index (χ1v) is 45.9. The summed E-state index contributed by atoms with van der Waals surface area (Å²) in [5.74, 6) is 9.49. The minimum Gasteiger partial charge on any atom is -0.493 e. The van der Waals surface area contributed by atoms with E-state index in [0.717, 1.165) is 135 Å². The number of nitrogens with one attached hydrogen (secondary N) is 3. The molecule has 600 valence electrons. The zero-order valence-electron chi connectivity index (χ0n) is 67.0. The molecule has 9 heterocycles. The number of aromatic nitrogens is 9. The highest BCUT2D eigenvalue weighted by atomic mass is 28.3. The number of fused-ring (bicyclic) bond motifs is 3. The van der Waals surface area contributed by atoms with Gasteiger partial charge in [-0.1, -0.05) is 130 Å². The number of nitrogens with two attached hydrogens (primary N) is 1. The highest BCUT2D eigenvalue weighted by Gasteiger charge is 2.31. The van der Waals surface area contributed by atoms with E-state index in [1.165, 1.54) is 27.7 Å². The Morgan fingerprint density at radius 2 is 0.845 bits per heavy atom. The fourth-order valence-electron chi connectivity index (χ4n) is 13.0. The number of pyridine rings is 3. The number of nitrogen functional groups attached to an aromatic ring is 1. The minimum atomic E-state index is -1.18. The van der Waals surface area contributed by atoms with Crippen LogP contribution in [0.15, 0.2) is 219 Å². The van der Waals surface area contributed by atoms with Crippen molar-refractivity contribution in [1.29, 1.82) is 0 Å². The Morgan fingerprint density at radius 3 is 1.23 bits per heavy atom. The van der Waals surface area contributed by atoms with Gasteiger partial charge in [0.15, 0.2) is 0 Å². The monoisotopic (exact) mass is 1600 g/mol. The van der Waals surface area contributed by atoms with E-state index in [-0.39, 0.29) is 29.6 Å². The molecule has 6 aromatic carbocycles. The van der Waals surface area contributed by atoms with Gasteiger partial charge in [0, 0.05) is 117 Å². The molecule has 0 radical (unpaired) electrons. The van der Waals surface area contributed by atoms with E-state index in [1.54, 1.807) is 55.0 Å². The van der Waals surface area contributed by atoms with E-state index in [0.29, 0.717) is 79.5 Å². The molecule has 6 aromatic heterocycles. The molecule has 0 saturated carbocycles. The van der Waals surface area contributed by atoms with Gasteiger partial charge in [-0.05, 0) is 126 Å². The maximum Gasteiger partial charge on any atom is 0.310 e. The third-order valence-electron chi connectivity index (χ3n) is 18.6. The topological polar surface area (TPSA) is 304 Å². The van der Waals surface area contributed by atoms with E-state index in [2.05, 4.69) is 137 Å². The molecular formula is C89H98N12O13Si2. The molecule has 12 aromatic rings. The molecular weight excluding hydrogens is 1500 g/mol. The maximum absolute atomic E-state index is 11.4. The Labute approximate surface area is 677 Å². The van der Waals surface area contributed by atoms with Crippen LogP contribution in [0.3, 0.4) is 0 Å². The number of carbonyl (C=O) groups is 4. The van der Waals surface area contributed by atoms with Gasteiger partial charge >= 0.3 is 11.9 Å². The third-order valence-corrected chi connectivity index (χ3v) is 22.0. The minimum absolute atomic E-state index is 0.0631. The molecule has 3 aliphatic heterocycles. The lowest BCUT2D eigenvalue weighted by atomic mass is 9.95. The van der Waals surface area contributed by atoms with Gasteiger partial charge in [-0.3, -0.25) is 19.2 Å². The lowest BCUT2D eigenvalue weighted by Crippen LogP contribution is -2.24. The quantitative estimate of drug-likeness (QED) is 0.0189. The zero-order valence-corrected chi connectivity index (χ0v) is 69.0. The first-order chi connectivity index (χ1) is 55.8.